The van der Waals surface area contributed by atoms with Crippen molar-refractivity contribution in [3.8, 4) is 67.5 Å². The molecule has 0 aliphatic heterocycles. The molecule has 4 heteroatoms. The van der Waals surface area contributed by atoms with Gasteiger partial charge in [0.15, 0.2) is 0 Å². The molecule has 0 atom stereocenters. The summed E-state index contributed by atoms with van der Waals surface area (Å²) < 4.78 is 23.0. The highest BCUT2D eigenvalue weighted by Crippen LogP contribution is 2.52. The Labute approximate surface area is 292 Å². The van der Waals surface area contributed by atoms with Crippen LogP contribution in [-0.4, -0.2) is 28.4 Å². The number of rotatable bonds is 8. The zero-order chi connectivity index (χ0) is 34.2. The molecule has 4 nitrogen and oxygen atoms in total. The maximum atomic E-state index is 6.06. The van der Waals surface area contributed by atoms with Crippen LogP contribution in [0.1, 0.15) is 0 Å². The monoisotopic (exact) mass is 652 g/mol. The molecular weight excluding hydrogens is 617 g/mol. The fraction of sp³-hybridized carbons (Fsp3) is 0.0870. The van der Waals surface area contributed by atoms with Gasteiger partial charge < -0.3 is 18.9 Å². The number of benzene rings is 8. The van der Waals surface area contributed by atoms with E-state index in [4.69, 9.17) is 18.9 Å². The second-order valence-electron chi connectivity index (χ2n) is 12.3. The lowest BCUT2D eigenvalue weighted by Crippen LogP contribution is -1.97. The van der Waals surface area contributed by atoms with Crippen LogP contribution in [0.15, 0.2) is 146 Å². The van der Waals surface area contributed by atoms with Gasteiger partial charge in [0.05, 0.1) is 28.4 Å². The van der Waals surface area contributed by atoms with Gasteiger partial charge in [0.25, 0.3) is 0 Å². The van der Waals surface area contributed by atoms with Crippen LogP contribution in [0.2, 0.25) is 0 Å². The highest BCUT2D eigenvalue weighted by Gasteiger charge is 2.25. The van der Waals surface area contributed by atoms with Crippen LogP contribution in [0.5, 0.6) is 23.0 Å². The fourth-order valence-corrected chi connectivity index (χ4v) is 7.30. The van der Waals surface area contributed by atoms with Crippen LogP contribution >= 0.6 is 0 Å². The van der Waals surface area contributed by atoms with Gasteiger partial charge in [-0.2, -0.15) is 0 Å². The Kier molecular flexibility index (Phi) is 8.06. The molecule has 0 unspecified atom stereocenters. The first-order chi connectivity index (χ1) is 24.6. The minimum Gasteiger partial charge on any atom is -0.497 e. The molecule has 0 amide bonds. The van der Waals surface area contributed by atoms with E-state index in [1.807, 2.05) is 30.3 Å². The first kappa shape index (κ1) is 31.0. The van der Waals surface area contributed by atoms with Crippen LogP contribution in [0, 0.1) is 0 Å². The maximum absolute atomic E-state index is 6.06. The van der Waals surface area contributed by atoms with E-state index >= 15 is 0 Å². The third-order valence-electron chi connectivity index (χ3n) is 9.64. The maximum Gasteiger partial charge on any atom is 0.120 e. The molecule has 0 saturated heterocycles. The highest BCUT2D eigenvalue weighted by atomic mass is 16.5. The van der Waals surface area contributed by atoms with Crippen molar-refractivity contribution in [3.05, 3.63) is 146 Å². The second-order valence-corrected chi connectivity index (χ2v) is 12.3. The molecule has 0 bridgehead atoms. The summed E-state index contributed by atoms with van der Waals surface area (Å²) in [6, 6.07) is 51.2. The van der Waals surface area contributed by atoms with Crippen LogP contribution in [0.3, 0.4) is 0 Å². The summed E-state index contributed by atoms with van der Waals surface area (Å²) >= 11 is 0. The van der Waals surface area contributed by atoms with Crippen molar-refractivity contribution < 1.29 is 18.9 Å². The summed E-state index contributed by atoms with van der Waals surface area (Å²) in [5, 5.41) is 6.80. The molecule has 0 aliphatic rings. The van der Waals surface area contributed by atoms with Crippen molar-refractivity contribution in [2.45, 2.75) is 0 Å². The van der Waals surface area contributed by atoms with Crippen LogP contribution in [-0.2, 0) is 0 Å². The van der Waals surface area contributed by atoms with E-state index in [1.54, 1.807) is 28.4 Å². The standard InChI is InChI=1S/C46H36O4/c1-47-34-19-15-29(16-20-34)39-27-37(50-4)28-41-44(31-13-9-6-10-14-31)46-40(43(45(39)41)30-11-7-5-8-12-30)26-33-25-36(49-3)23-24-38(33)42(46)32-17-21-35(48-2)22-18-32/h5-28H,1-4H3. The molecule has 0 spiro atoms. The average molecular weight is 653 g/mol. The Morgan fingerprint density at radius 3 is 1.34 bits per heavy atom. The third-order valence-corrected chi connectivity index (χ3v) is 9.64. The molecule has 50 heavy (non-hydrogen) atoms. The normalized spacial score (nSPS) is 11.2. The Balaban J connectivity index is 1.69. The van der Waals surface area contributed by atoms with Crippen molar-refractivity contribution in [2.75, 3.05) is 28.4 Å². The molecule has 0 heterocycles. The summed E-state index contributed by atoms with van der Waals surface area (Å²) in [5.41, 5.74) is 8.95. The summed E-state index contributed by atoms with van der Waals surface area (Å²) in [7, 11) is 6.86. The molecule has 0 N–H and O–H groups in total. The SMILES string of the molecule is COc1ccc(-c2cc(OC)cc3c(-c4ccccc4)c4c(-c5ccc(OC)cc5)c5ccc(OC)cc5cc4c(-c4ccccc4)c23)cc1. The third kappa shape index (κ3) is 5.26. The first-order valence-electron chi connectivity index (χ1n) is 16.6. The van der Waals surface area contributed by atoms with E-state index in [2.05, 4.69) is 115 Å². The van der Waals surface area contributed by atoms with Crippen LogP contribution in [0.25, 0.3) is 76.8 Å². The largest absolute Gasteiger partial charge is 0.497 e. The minimum atomic E-state index is 0.787. The summed E-state index contributed by atoms with van der Waals surface area (Å²) in [6.07, 6.45) is 0. The Morgan fingerprint density at radius 2 is 0.780 bits per heavy atom. The molecule has 0 aromatic heterocycles. The molecule has 8 rings (SSSR count). The molecule has 0 radical (unpaired) electrons. The quantitative estimate of drug-likeness (QED) is 0.153. The van der Waals surface area contributed by atoms with E-state index in [0.29, 0.717) is 0 Å². The smallest absolute Gasteiger partial charge is 0.120 e. The van der Waals surface area contributed by atoms with Crippen molar-refractivity contribution in [2.24, 2.45) is 0 Å². The van der Waals surface area contributed by atoms with Gasteiger partial charge >= 0.3 is 0 Å². The van der Waals surface area contributed by atoms with Crippen molar-refractivity contribution >= 4 is 32.3 Å². The second kappa shape index (κ2) is 13.0. The van der Waals surface area contributed by atoms with Gasteiger partial charge in [0.2, 0.25) is 0 Å². The molecule has 8 aromatic rings. The summed E-state index contributed by atoms with van der Waals surface area (Å²) in [5.74, 6) is 3.22. The van der Waals surface area contributed by atoms with Crippen molar-refractivity contribution in [3.63, 3.8) is 0 Å². The van der Waals surface area contributed by atoms with E-state index in [9.17, 15) is 0 Å². The van der Waals surface area contributed by atoms with E-state index in [-0.39, 0.29) is 0 Å². The highest BCUT2D eigenvalue weighted by molar-refractivity contribution is 6.31. The van der Waals surface area contributed by atoms with Gasteiger partial charge in [-0.15, -0.1) is 0 Å². The fourth-order valence-electron chi connectivity index (χ4n) is 7.30. The van der Waals surface area contributed by atoms with Crippen LogP contribution < -0.4 is 18.9 Å². The average Bonchev–Trinajstić information content (AvgIpc) is 3.19. The van der Waals surface area contributed by atoms with E-state index < -0.39 is 0 Å². The molecule has 0 saturated carbocycles. The zero-order valence-corrected chi connectivity index (χ0v) is 28.5. The zero-order valence-electron chi connectivity index (χ0n) is 28.5. The lowest BCUT2D eigenvalue weighted by Gasteiger charge is -2.24. The predicted molar refractivity (Wildman–Crippen MR) is 207 cm³/mol. The molecule has 0 aliphatic carbocycles. The van der Waals surface area contributed by atoms with Gasteiger partial charge in [-0.05, 0) is 131 Å². The number of hydrogen-bond donors (Lipinski definition) is 0. The Hall–Kier alpha value is -6.26. The van der Waals surface area contributed by atoms with Gasteiger partial charge in [-0.25, -0.2) is 0 Å². The van der Waals surface area contributed by atoms with E-state index in [0.717, 1.165) is 94.4 Å². The molecule has 8 aromatic carbocycles. The van der Waals surface area contributed by atoms with Gasteiger partial charge in [-0.3, -0.25) is 0 Å². The minimum absolute atomic E-state index is 0.787. The van der Waals surface area contributed by atoms with E-state index in [1.165, 1.54) is 5.39 Å². The number of methoxy groups -OCH3 is 4. The predicted octanol–water partition coefficient (Wildman–Crippen LogP) is 11.8. The number of fused-ring (bicyclic) bond motifs is 3. The Morgan fingerprint density at radius 1 is 0.320 bits per heavy atom. The number of hydrogen-bond acceptors (Lipinski definition) is 4. The van der Waals surface area contributed by atoms with Gasteiger partial charge in [0, 0.05) is 0 Å². The first-order valence-corrected chi connectivity index (χ1v) is 16.6. The molecule has 244 valence electrons. The van der Waals surface area contributed by atoms with Crippen molar-refractivity contribution in [1.29, 1.82) is 0 Å². The Bertz CT molecular complexity index is 2490. The van der Waals surface area contributed by atoms with Gasteiger partial charge in [-0.1, -0.05) is 91.0 Å². The topological polar surface area (TPSA) is 36.9 Å². The molecule has 0 fully saturated rings. The van der Waals surface area contributed by atoms with Crippen molar-refractivity contribution in [1.82, 2.24) is 0 Å². The summed E-state index contributed by atoms with van der Waals surface area (Å²) in [6.45, 7) is 0. The van der Waals surface area contributed by atoms with Gasteiger partial charge in [0.1, 0.15) is 23.0 Å². The lowest BCUT2D eigenvalue weighted by atomic mass is 9.79. The van der Waals surface area contributed by atoms with Crippen LogP contribution in [0.4, 0.5) is 0 Å². The molecular formula is C46H36O4. The lowest BCUT2D eigenvalue weighted by molar-refractivity contribution is 0.414. The summed E-state index contributed by atoms with van der Waals surface area (Å²) in [4.78, 5) is 0. The number of ether oxygens (including phenoxy) is 4.